The number of aliphatic hydroxyl groups excluding tert-OH is 1. The molecular formula is C6H8Br2O5S. The Hall–Kier alpha value is 0.340. The SMILES string of the molecule is O=C(O)C[C@@H]1CS(=O)(=O)C(Br)(Br)[C@@H]1O. The summed E-state index contributed by atoms with van der Waals surface area (Å²) in [7, 11) is -3.55. The average molecular weight is 352 g/mol. The van der Waals surface area contributed by atoms with Crippen molar-refractivity contribution in [2.24, 2.45) is 5.92 Å². The molecule has 1 heterocycles. The molecule has 14 heavy (non-hydrogen) atoms. The molecule has 82 valence electrons. The molecule has 0 aromatic heterocycles. The number of hydrogen-bond donors (Lipinski definition) is 2. The predicted molar refractivity (Wildman–Crippen MR) is 56.1 cm³/mol. The Labute approximate surface area is 97.7 Å². The van der Waals surface area contributed by atoms with Crippen molar-refractivity contribution in [3.63, 3.8) is 0 Å². The molecule has 8 heteroatoms. The van der Waals surface area contributed by atoms with Crippen LogP contribution in [-0.4, -0.2) is 39.0 Å². The highest BCUT2D eigenvalue weighted by atomic mass is 79.9. The second-order valence-corrected chi connectivity index (χ2v) is 9.97. The first-order valence-electron chi connectivity index (χ1n) is 3.68. The largest absolute Gasteiger partial charge is 0.481 e. The number of aliphatic hydroxyl groups is 1. The van der Waals surface area contributed by atoms with Crippen LogP contribution < -0.4 is 0 Å². The maximum absolute atomic E-state index is 11.4. The second kappa shape index (κ2) is 3.73. The number of alkyl halides is 2. The molecule has 1 aliphatic rings. The molecule has 1 saturated heterocycles. The summed E-state index contributed by atoms with van der Waals surface area (Å²) >= 11 is 5.69. The molecule has 2 atom stereocenters. The van der Waals surface area contributed by atoms with E-state index >= 15 is 0 Å². The van der Waals surface area contributed by atoms with Crippen LogP contribution in [0.25, 0.3) is 0 Å². The molecule has 0 aliphatic carbocycles. The van der Waals surface area contributed by atoms with Gasteiger partial charge in [0.05, 0.1) is 18.3 Å². The molecule has 0 saturated carbocycles. The van der Waals surface area contributed by atoms with Crippen molar-refractivity contribution < 1.29 is 23.4 Å². The lowest BCUT2D eigenvalue weighted by Gasteiger charge is -2.18. The van der Waals surface area contributed by atoms with Gasteiger partial charge in [0.2, 0.25) is 2.57 Å². The van der Waals surface area contributed by atoms with Gasteiger partial charge in [0.25, 0.3) is 0 Å². The Morgan fingerprint density at radius 1 is 1.50 bits per heavy atom. The fraction of sp³-hybridized carbons (Fsp3) is 0.833. The van der Waals surface area contributed by atoms with Crippen LogP contribution in [0.1, 0.15) is 6.42 Å². The van der Waals surface area contributed by atoms with Gasteiger partial charge in [0.1, 0.15) is 0 Å². The Morgan fingerprint density at radius 3 is 2.29 bits per heavy atom. The summed E-state index contributed by atoms with van der Waals surface area (Å²) in [6, 6.07) is 0. The van der Waals surface area contributed by atoms with Gasteiger partial charge in [-0.15, -0.1) is 0 Å². The molecule has 0 radical (unpaired) electrons. The number of carboxylic acid groups (broad SMARTS) is 1. The molecule has 0 spiro atoms. The van der Waals surface area contributed by atoms with Crippen molar-refractivity contribution >= 4 is 47.7 Å². The normalized spacial score (nSPS) is 34.2. The smallest absolute Gasteiger partial charge is 0.303 e. The highest BCUT2D eigenvalue weighted by Gasteiger charge is 2.56. The quantitative estimate of drug-likeness (QED) is 0.698. The predicted octanol–water partition coefficient (Wildman–Crippen LogP) is 0.310. The zero-order valence-electron chi connectivity index (χ0n) is 6.85. The van der Waals surface area contributed by atoms with E-state index in [1.54, 1.807) is 0 Å². The molecule has 0 bridgehead atoms. The third-order valence-corrected chi connectivity index (χ3v) is 7.91. The zero-order valence-corrected chi connectivity index (χ0v) is 10.8. The van der Waals surface area contributed by atoms with E-state index in [4.69, 9.17) is 5.11 Å². The molecular weight excluding hydrogens is 344 g/mol. The van der Waals surface area contributed by atoms with Gasteiger partial charge in [0.15, 0.2) is 9.84 Å². The Bertz CT molecular complexity index is 349. The summed E-state index contributed by atoms with van der Waals surface area (Å²) in [5.41, 5.74) is 0. The number of sulfone groups is 1. The van der Waals surface area contributed by atoms with E-state index in [1.165, 1.54) is 0 Å². The summed E-state index contributed by atoms with van der Waals surface area (Å²) < 4.78 is 21.3. The monoisotopic (exact) mass is 350 g/mol. The number of halogens is 2. The number of rotatable bonds is 2. The van der Waals surface area contributed by atoms with E-state index in [-0.39, 0.29) is 12.2 Å². The first-order chi connectivity index (χ1) is 6.18. The molecule has 0 aromatic rings. The number of hydrogen-bond acceptors (Lipinski definition) is 4. The van der Waals surface area contributed by atoms with Crippen molar-refractivity contribution in [2.45, 2.75) is 15.1 Å². The molecule has 0 aromatic carbocycles. The van der Waals surface area contributed by atoms with Crippen molar-refractivity contribution in [2.75, 3.05) is 5.75 Å². The first kappa shape index (κ1) is 12.4. The van der Waals surface area contributed by atoms with Gasteiger partial charge in [-0.25, -0.2) is 8.42 Å². The van der Waals surface area contributed by atoms with Gasteiger partial charge in [-0.2, -0.15) is 0 Å². The van der Waals surface area contributed by atoms with Gasteiger partial charge >= 0.3 is 5.97 Å². The van der Waals surface area contributed by atoms with Crippen LogP contribution in [0, 0.1) is 5.92 Å². The summed E-state index contributed by atoms with van der Waals surface area (Å²) in [6.45, 7) is 0. The maximum atomic E-state index is 11.4. The minimum Gasteiger partial charge on any atom is -0.481 e. The number of carboxylic acids is 1. The molecule has 1 rings (SSSR count). The maximum Gasteiger partial charge on any atom is 0.303 e. The van der Waals surface area contributed by atoms with Crippen molar-refractivity contribution in [3.05, 3.63) is 0 Å². The molecule has 0 amide bonds. The number of aliphatic carboxylic acids is 1. The van der Waals surface area contributed by atoms with Crippen LogP contribution in [0.3, 0.4) is 0 Å². The van der Waals surface area contributed by atoms with E-state index < -0.39 is 30.4 Å². The van der Waals surface area contributed by atoms with Crippen molar-refractivity contribution in [3.8, 4) is 0 Å². The van der Waals surface area contributed by atoms with Crippen molar-refractivity contribution in [1.82, 2.24) is 0 Å². The number of carbonyl (C=O) groups is 1. The van der Waals surface area contributed by atoms with Crippen LogP contribution in [-0.2, 0) is 14.6 Å². The van der Waals surface area contributed by atoms with Crippen LogP contribution in [0.4, 0.5) is 0 Å². The summed E-state index contributed by atoms with van der Waals surface area (Å²) in [5.74, 6) is -2.24. The lowest BCUT2D eigenvalue weighted by atomic mass is 10.0. The Balaban J connectivity index is 2.95. The minimum atomic E-state index is -3.55. The van der Waals surface area contributed by atoms with Crippen LogP contribution in [0.15, 0.2) is 0 Å². The Morgan fingerprint density at radius 2 is 2.00 bits per heavy atom. The van der Waals surface area contributed by atoms with E-state index in [9.17, 15) is 18.3 Å². The fourth-order valence-corrected chi connectivity index (χ4v) is 4.52. The zero-order chi connectivity index (χ0) is 11.1. The van der Waals surface area contributed by atoms with Gasteiger partial charge < -0.3 is 10.2 Å². The van der Waals surface area contributed by atoms with Crippen molar-refractivity contribution in [1.29, 1.82) is 0 Å². The highest BCUT2D eigenvalue weighted by Crippen LogP contribution is 2.47. The summed E-state index contributed by atoms with van der Waals surface area (Å²) in [4.78, 5) is 10.4. The molecule has 2 N–H and O–H groups in total. The fourth-order valence-electron chi connectivity index (χ4n) is 1.34. The Kier molecular flexibility index (Phi) is 3.31. The standard InChI is InChI=1S/C6H8Br2O5S/c7-6(8)5(11)3(1-4(9)10)2-14(6,12)13/h3,5,11H,1-2H2,(H,9,10)/t3-,5-/m1/s1. The van der Waals surface area contributed by atoms with E-state index in [0.29, 0.717) is 0 Å². The molecule has 0 unspecified atom stereocenters. The van der Waals surface area contributed by atoms with E-state index in [2.05, 4.69) is 31.9 Å². The van der Waals surface area contributed by atoms with Gasteiger partial charge in [0, 0.05) is 5.92 Å². The topological polar surface area (TPSA) is 91.7 Å². The third-order valence-electron chi connectivity index (χ3n) is 2.08. The molecule has 5 nitrogen and oxygen atoms in total. The summed E-state index contributed by atoms with van der Waals surface area (Å²) in [5, 5.41) is 18.1. The van der Waals surface area contributed by atoms with Gasteiger partial charge in [-0.1, -0.05) is 31.9 Å². The van der Waals surface area contributed by atoms with Gasteiger partial charge in [-0.05, 0) is 0 Å². The lowest BCUT2D eigenvalue weighted by molar-refractivity contribution is -0.138. The first-order valence-corrected chi connectivity index (χ1v) is 6.92. The second-order valence-electron chi connectivity index (χ2n) is 3.15. The van der Waals surface area contributed by atoms with E-state index in [0.717, 1.165) is 0 Å². The summed E-state index contributed by atoms with van der Waals surface area (Å²) in [6.07, 6.45) is -1.62. The molecule has 1 aliphatic heterocycles. The minimum absolute atomic E-state index is 0.336. The van der Waals surface area contributed by atoms with Gasteiger partial charge in [-0.3, -0.25) is 4.79 Å². The highest BCUT2D eigenvalue weighted by molar-refractivity contribution is 9.28. The van der Waals surface area contributed by atoms with E-state index in [1.807, 2.05) is 0 Å². The molecule has 1 fully saturated rings. The average Bonchev–Trinajstić information content (AvgIpc) is 2.11. The van der Waals surface area contributed by atoms with Crippen LogP contribution in [0.5, 0.6) is 0 Å². The third kappa shape index (κ3) is 1.98. The van der Waals surface area contributed by atoms with Crippen LogP contribution >= 0.6 is 31.9 Å². The lowest BCUT2D eigenvalue weighted by Crippen LogP contribution is -2.33. The van der Waals surface area contributed by atoms with Crippen LogP contribution in [0.2, 0.25) is 0 Å².